The molecule has 0 saturated heterocycles. The van der Waals surface area contributed by atoms with Gasteiger partial charge < -0.3 is 19.8 Å². The van der Waals surface area contributed by atoms with Crippen LogP contribution in [0.4, 0.5) is 10.5 Å². The average molecular weight is 429 g/mol. The van der Waals surface area contributed by atoms with Crippen LogP contribution in [0.1, 0.15) is 17.0 Å². The maximum absolute atomic E-state index is 13.0. The van der Waals surface area contributed by atoms with Gasteiger partial charge in [0.15, 0.2) is 11.5 Å². The first kappa shape index (κ1) is 21.1. The highest BCUT2D eigenvalue weighted by atomic mass is 16.5. The summed E-state index contributed by atoms with van der Waals surface area (Å²) >= 11 is 0. The van der Waals surface area contributed by atoms with Gasteiger partial charge in [-0.1, -0.05) is 60.7 Å². The fourth-order valence-electron chi connectivity index (χ4n) is 3.32. The van der Waals surface area contributed by atoms with E-state index in [4.69, 9.17) is 9.15 Å². The van der Waals surface area contributed by atoms with Crippen LogP contribution in [0, 0.1) is 6.92 Å². The van der Waals surface area contributed by atoms with E-state index in [1.165, 1.54) is 0 Å². The van der Waals surface area contributed by atoms with Crippen LogP contribution in [0.2, 0.25) is 0 Å². The van der Waals surface area contributed by atoms with Crippen molar-refractivity contribution in [2.75, 3.05) is 5.32 Å². The summed E-state index contributed by atoms with van der Waals surface area (Å²) in [6, 6.07) is 23.2. The van der Waals surface area contributed by atoms with Gasteiger partial charge in [-0.05, 0) is 29.3 Å². The predicted molar refractivity (Wildman–Crippen MR) is 121 cm³/mol. The Hall–Kier alpha value is -4.13. The summed E-state index contributed by atoms with van der Waals surface area (Å²) in [7, 11) is 0. The van der Waals surface area contributed by atoms with Crippen LogP contribution in [-0.4, -0.2) is 23.0 Å². The Balaban J connectivity index is 1.45. The highest BCUT2D eigenvalue weighted by molar-refractivity contribution is 5.98. The van der Waals surface area contributed by atoms with Crippen molar-refractivity contribution in [1.29, 1.82) is 0 Å². The average Bonchev–Trinajstić information content (AvgIpc) is 3.18. The summed E-state index contributed by atoms with van der Waals surface area (Å²) in [6.45, 7) is 1.88. The molecule has 0 radical (unpaired) electrons. The molecule has 2 N–H and O–H groups in total. The number of anilines is 1. The summed E-state index contributed by atoms with van der Waals surface area (Å²) < 4.78 is 10.8. The summed E-state index contributed by atoms with van der Waals surface area (Å²) in [5.41, 5.74) is 3.63. The van der Waals surface area contributed by atoms with Crippen molar-refractivity contribution in [2.45, 2.75) is 26.0 Å². The molecule has 0 unspecified atom stereocenters. The molecular formula is C25H23N3O4. The third-order valence-corrected chi connectivity index (χ3v) is 4.87. The van der Waals surface area contributed by atoms with Gasteiger partial charge in [-0.25, -0.2) is 9.78 Å². The number of benzene rings is 3. The number of fused-ring (bicyclic) bond motifs is 1. The minimum absolute atomic E-state index is 0.120. The predicted octanol–water partition coefficient (Wildman–Crippen LogP) is 4.61. The third-order valence-electron chi connectivity index (χ3n) is 4.87. The molecule has 7 heteroatoms. The number of nitrogens with zero attached hydrogens (tertiary/aromatic N) is 1. The van der Waals surface area contributed by atoms with Crippen molar-refractivity contribution < 1.29 is 18.7 Å². The lowest BCUT2D eigenvalue weighted by molar-refractivity contribution is -0.118. The van der Waals surface area contributed by atoms with Gasteiger partial charge in [-0.3, -0.25) is 4.79 Å². The lowest BCUT2D eigenvalue weighted by Gasteiger charge is -2.18. The molecule has 4 rings (SSSR count). The molecule has 3 aromatic carbocycles. The number of oxazole rings is 1. The Morgan fingerprint density at radius 2 is 1.66 bits per heavy atom. The van der Waals surface area contributed by atoms with E-state index in [-0.39, 0.29) is 12.5 Å². The number of carbonyl (C=O) groups excluding carboxylic acids is 2. The molecule has 0 fully saturated rings. The van der Waals surface area contributed by atoms with Gasteiger partial charge in [0.05, 0.1) is 0 Å². The molecule has 162 valence electrons. The standard InChI is InChI=1S/C25H23N3O4/c1-17-26-21-15-20(12-13-23(21)32-17)27-24(29)22(14-18-8-4-2-5-9-18)28-25(30)31-16-19-10-6-3-7-11-19/h2-13,15,22H,14,16H2,1H3,(H,27,29)(H,28,30)/t22-/m0/s1. The van der Waals surface area contributed by atoms with E-state index in [1.807, 2.05) is 60.7 Å². The molecule has 1 heterocycles. The highest BCUT2D eigenvalue weighted by Gasteiger charge is 2.22. The smallest absolute Gasteiger partial charge is 0.408 e. The van der Waals surface area contributed by atoms with Crippen molar-refractivity contribution in [1.82, 2.24) is 10.3 Å². The second-order valence-electron chi connectivity index (χ2n) is 7.35. The fourth-order valence-corrected chi connectivity index (χ4v) is 3.32. The molecule has 0 saturated carbocycles. The maximum atomic E-state index is 13.0. The molecule has 0 bridgehead atoms. The van der Waals surface area contributed by atoms with Gasteiger partial charge in [0, 0.05) is 19.0 Å². The molecule has 32 heavy (non-hydrogen) atoms. The number of aryl methyl sites for hydroxylation is 1. The molecule has 0 spiro atoms. The highest BCUT2D eigenvalue weighted by Crippen LogP contribution is 2.20. The summed E-state index contributed by atoms with van der Waals surface area (Å²) in [5.74, 6) is 0.193. The van der Waals surface area contributed by atoms with E-state index in [0.29, 0.717) is 29.1 Å². The zero-order valence-corrected chi connectivity index (χ0v) is 17.6. The molecule has 0 aliphatic heterocycles. The second kappa shape index (κ2) is 9.78. The van der Waals surface area contributed by atoms with Gasteiger partial charge >= 0.3 is 6.09 Å². The van der Waals surface area contributed by atoms with Crippen LogP contribution in [0.3, 0.4) is 0 Å². The van der Waals surface area contributed by atoms with Crippen molar-refractivity contribution in [3.05, 3.63) is 95.9 Å². The number of alkyl carbamates (subject to hydrolysis) is 1. The first-order valence-electron chi connectivity index (χ1n) is 10.3. The molecule has 1 aromatic heterocycles. The van der Waals surface area contributed by atoms with Gasteiger partial charge in [0.2, 0.25) is 5.91 Å². The van der Waals surface area contributed by atoms with Crippen molar-refractivity contribution >= 4 is 28.8 Å². The Kier molecular flexibility index (Phi) is 6.46. The largest absolute Gasteiger partial charge is 0.445 e. The molecule has 0 aliphatic rings. The summed E-state index contributed by atoms with van der Waals surface area (Å²) in [4.78, 5) is 29.7. The second-order valence-corrected chi connectivity index (χ2v) is 7.35. The van der Waals surface area contributed by atoms with E-state index in [1.54, 1.807) is 25.1 Å². The SMILES string of the molecule is Cc1nc2cc(NC(=O)[C@H](Cc3ccccc3)NC(=O)OCc3ccccc3)ccc2o1. The van der Waals surface area contributed by atoms with Gasteiger partial charge in [-0.15, -0.1) is 0 Å². The molecule has 2 amide bonds. The fraction of sp³-hybridized carbons (Fsp3) is 0.160. The zero-order valence-electron chi connectivity index (χ0n) is 17.6. The van der Waals surface area contributed by atoms with Gasteiger partial charge in [0.25, 0.3) is 0 Å². The minimum Gasteiger partial charge on any atom is -0.445 e. The van der Waals surface area contributed by atoms with Crippen LogP contribution < -0.4 is 10.6 Å². The normalized spacial score (nSPS) is 11.7. The number of amides is 2. The first-order chi connectivity index (χ1) is 15.6. The van der Waals surface area contributed by atoms with Gasteiger partial charge in [-0.2, -0.15) is 0 Å². The number of carbonyl (C=O) groups is 2. The first-order valence-corrected chi connectivity index (χ1v) is 10.3. The molecular weight excluding hydrogens is 406 g/mol. The number of ether oxygens (including phenoxy) is 1. The molecule has 7 nitrogen and oxygen atoms in total. The van der Waals surface area contributed by atoms with Gasteiger partial charge in [0.1, 0.15) is 18.2 Å². The minimum atomic E-state index is -0.824. The Bertz CT molecular complexity index is 1210. The van der Waals surface area contributed by atoms with Crippen molar-refractivity contribution in [3.8, 4) is 0 Å². The monoisotopic (exact) mass is 429 g/mol. The van der Waals surface area contributed by atoms with Crippen molar-refractivity contribution in [3.63, 3.8) is 0 Å². The number of hydrogen-bond acceptors (Lipinski definition) is 5. The Morgan fingerprint density at radius 1 is 0.969 bits per heavy atom. The molecule has 0 aliphatic carbocycles. The Labute approximate surface area is 185 Å². The van der Waals surface area contributed by atoms with Crippen molar-refractivity contribution in [2.24, 2.45) is 0 Å². The molecule has 4 aromatic rings. The van der Waals surface area contributed by atoms with Crippen LogP contribution in [0.5, 0.6) is 0 Å². The summed E-state index contributed by atoms with van der Waals surface area (Å²) in [6.07, 6.45) is -0.342. The number of nitrogens with one attached hydrogen (secondary N) is 2. The number of rotatable bonds is 7. The van der Waals surface area contributed by atoms with Crippen LogP contribution in [0.25, 0.3) is 11.1 Å². The lowest BCUT2D eigenvalue weighted by Crippen LogP contribution is -2.45. The number of aromatic nitrogens is 1. The topological polar surface area (TPSA) is 93.5 Å². The quantitative estimate of drug-likeness (QED) is 0.447. The van der Waals surface area contributed by atoms with Crippen LogP contribution in [-0.2, 0) is 22.6 Å². The summed E-state index contributed by atoms with van der Waals surface area (Å²) in [5, 5.41) is 5.54. The molecule has 1 atom stereocenters. The lowest BCUT2D eigenvalue weighted by atomic mass is 10.1. The third kappa shape index (κ3) is 5.51. The van der Waals surface area contributed by atoms with E-state index >= 15 is 0 Å². The van der Waals surface area contributed by atoms with Crippen LogP contribution >= 0.6 is 0 Å². The van der Waals surface area contributed by atoms with E-state index in [9.17, 15) is 9.59 Å². The maximum Gasteiger partial charge on any atom is 0.408 e. The van der Waals surface area contributed by atoms with E-state index in [0.717, 1.165) is 11.1 Å². The van der Waals surface area contributed by atoms with E-state index < -0.39 is 12.1 Å². The van der Waals surface area contributed by atoms with E-state index in [2.05, 4.69) is 15.6 Å². The van der Waals surface area contributed by atoms with Crippen LogP contribution in [0.15, 0.2) is 83.3 Å². The Morgan fingerprint density at radius 3 is 2.38 bits per heavy atom. The zero-order chi connectivity index (χ0) is 22.3. The number of hydrogen-bond donors (Lipinski definition) is 2.